The highest BCUT2D eigenvalue weighted by atomic mass is 19.1. The number of amides is 1. The molecule has 1 amide bonds. The lowest BCUT2D eigenvalue weighted by molar-refractivity contribution is -0.122. The molecule has 0 spiro atoms. The summed E-state index contributed by atoms with van der Waals surface area (Å²) in [4.78, 5) is 17.1. The molecule has 1 atom stereocenters. The summed E-state index contributed by atoms with van der Waals surface area (Å²) in [6.07, 6.45) is 6.30. The Hall–Kier alpha value is -1.46. The van der Waals surface area contributed by atoms with Crippen LogP contribution in [0.5, 0.6) is 0 Å². The van der Waals surface area contributed by atoms with Gasteiger partial charge >= 0.3 is 0 Å². The Morgan fingerprint density at radius 2 is 1.92 bits per heavy atom. The number of hydrogen-bond acceptors (Lipinski definition) is 3. The van der Waals surface area contributed by atoms with Crippen LogP contribution >= 0.6 is 0 Å². The smallest absolute Gasteiger partial charge is 0.234 e. The number of halogens is 1. The van der Waals surface area contributed by atoms with Crippen molar-refractivity contribution in [2.45, 2.75) is 44.7 Å². The van der Waals surface area contributed by atoms with Gasteiger partial charge in [-0.3, -0.25) is 9.69 Å². The van der Waals surface area contributed by atoms with Gasteiger partial charge < -0.3 is 10.2 Å². The predicted molar refractivity (Wildman–Crippen MR) is 93.1 cm³/mol. The highest BCUT2D eigenvalue weighted by Gasteiger charge is 2.28. The van der Waals surface area contributed by atoms with E-state index in [-0.39, 0.29) is 18.3 Å². The number of rotatable bonds is 6. The fourth-order valence-electron chi connectivity index (χ4n) is 3.83. The number of carbonyl (C=O) groups is 1. The fourth-order valence-corrected chi connectivity index (χ4v) is 3.83. The third-order valence-electron chi connectivity index (χ3n) is 5.20. The van der Waals surface area contributed by atoms with Gasteiger partial charge in [-0.2, -0.15) is 0 Å². The number of likely N-dealkylation sites (tertiary alicyclic amines) is 2. The van der Waals surface area contributed by atoms with Crippen molar-refractivity contribution >= 4 is 5.91 Å². The maximum Gasteiger partial charge on any atom is 0.234 e. The molecular weight excluding hydrogens is 305 g/mol. The Bertz CT molecular complexity index is 545. The Balaban J connectivity index is 1.45. The van der Waals surface area contributed by atoms with Gasteiger partial charge in [-0.1, -0.05) is 24.6 Å². The third-order valence-corrected chi connectivity index (χ3v) is 5.20. The Kier molecular flexibility index (Phi) is 6.21. The van der Waals surface area contributed by atoms with Crippen molar-refractivity contribution in [2.24, 2.45) is 0 Å². The first-order valence-electron chi connectivity index (χ1n) is 9.19. The van der Waals surface area contributed by atoms with Crippen LogP contribution in [0, 0.1) is 5.82 Å². The van der Waals surface area contributed by atoms with E-state index >= 15 is 0 Å². The molecule has 4 nitrogen and oxygen atoms in total. The number of nitrogens with one attached hydrogen (secondary N) is 1. The Morgan fingerprint density at radius 3 is 2.71 bits per heavy atom. The van der Waals surface area contributed by atoms with E-state index in [1.165, 1.54) is 51.3 Å². The summed E-state index contributed by atoms with van der Waals surface area (Å²) in [5.74, 6) is -0.272. The maximum absolute atomic E-state index is 13.6. The van der Waals surface area contributed by atoms with Crippen LogP contribution in [0.2, 0.25) is 0 Å². The van der Waals surface area contributed by atoms with Crippen molar-refractivity contribution in [3.05, 3.63) is 35.6 Å². The van der Waals surface area contributed by atoms with Crippen molar-refractivity contribution in [3.63, 3.8) is 0 Å². The second kappa shape index (κ2) is 8.58. The van der Waals surface area contributed by atoms with Gasteiger partial charge in [0.2, 0.25) is 5.91 Å². The molecular formula is C19H28FN3O. The van der Waals surface area contributed by atoms with Gasteiger partial charge in [0.1, 0.15) is 5.82 Å². The van der Waals surface area contributed by atoms with Crippen LogP contribution in [0.15, 0.2) is 24.3 Å². The standard InChI is InChI=1S/C19H28FN3O/c20-18-9-3-2-7-16(18)13-21-19(24)15-23-12-6-8-17(23)14-22-10-4-1-5-11-22/h2-3,7,9,17H,1,4-6,8,10-15H2,(H,21,24)/t17-/m1/s1. The van der Waals surface area contributed by atoms with E-state index < -0.39 is 0 Å². The molecule has 0 saturated carbocycles. The van der Waals surface area contributed by atoms with Gasteiger partial charge in [0.05, 0.1) is 6.54 Å². The van der Waals surface area contributed by atoms with Crippen molar-refractivity contribution in [1.82, 2.24) is 15.1 Å². The largest absolute Gasteiger partial charge is 0.351 e. The van der Waals surface area contributed by atoms with Crippen molar-refractivity contribution in [1.29, 1.82) is 0 Å². The van der Waals surface area contributed by atoms with Crippen LogP contribution in [0.1, 0.15) is 37.7 Å². The van der Waals surface area contributed by atoms with Crippen molar-refractivity contribution < 1.29 is 9.18 Å². The summed E-state index contributed by atoms with van der Waals surface area (Å²) < 4.78 is 13.6. The van der Waals surface area contributed by atoms with Crippen molar-refractivity contribution in [3.8, 4) is 0 Å². The monoisotopic (exact) mass is 333 g/mol. The van der Waals surface area contributed by atoms with E-state index in [9.17, 15) is 9.18 Å². The molecule has 2 fully saturated rings. The zero-order valence-corrected chi connectivity index (χ0v) is 14.3. The first-order chi connectivity index (χ1) is 11.7. The minimum Gasteiger partial charge on any atom is -0.351 e. The molecule has 3 rings (SSSR count). The molecule has 0 aromatic heterocycles. The minimum atomic E-state index is -0.262. The summed E-state index contributed by atoms with van der Waals surface area (Å²) >= 11 is 0. The van der Waals surface area contributed by atoms with Gasteiger partial charge in [-0.05, 0) is 51.4 Å². The number of nitrogens with zero attached hydrogens (tertiary/aromatic N) is 2. The Morgan fingerprint density at radius 1 is 1.12 bits per heavy atom. The lowest BCUT2D eigenvalue weighted by Crippen LogP contribution is -2.45. The molecule has 132 valence electrons. The highest BCUT2D eigenvalue weighted by Crippen LogP contribution is 2.19. The molecule has 1 aromatic rings. The normalized spacial score (nSPS) is 22.6. The van der Waals surface area contributed by atoms with Gasteiger partial charge in [-0.15, -0.1) is 0 Å². The van der Waals surface area contributed by atoms with Gasteiger partial charge in [0.15, 0.2) is 0 Å². The highest BCUT2D eigenvalue weighted by molar-refractivity contribution is 5.78. The molecule has 0 radical (unpaired) electrons. The van der Waals surface area contributed by atoms with Crippen molar-refractivity contribution in [2.75, 3.05) is 32.7 Å². The van der Waals surface area contributed by atoms with E-state index in [2.05, 4.69) is 15.1 Å². The van der Waals surface area contributed by atoms with Gasteiger partial charge in [-0.25, -0.2) is 4.39 Å². The molecule has 5 heteroatoms. The van der Waals surface area contributed by atoms with E-state index in [1.54, 1.807) is 18.2 Å². The molecule has 2 heterocycles. The van der Waals surface area contributed by atoms with Crippen LogP contribution in [0.25, 0.3) is 0 Å². The second-order valence-corrected chi connectivity index (χ2v) is 7.00. The predicted octanol–water partition coefficient (Wildman–Crippen LogP) is 2.39. The van der Waals surface area contributed by atoms with Crippen LogP contribution < -0.4 is 5.32 Å². The van der Waals surface area contributed by atoms with E-state index in [0.717, 1.165) is 13.1 Å². The summed E-state index contributed by atoms with van der Waals surface area (Å²) in [6.45, 7) is 5.16. The fraction of sp³-hybridized carbons (Fsp3) is 0.632. The molecule has 1 aromatic carbocycles. The van der Waals surface area contributed by atoms with Crippen LogP contribution in [-0.2, 0) is 11.3 Å². The lowest BCUT2D eigenvalue weighted by atomic mass is 10.1. The lowest BCUT2D eigenvalue weighted by Gasteiger charge is -2.32. The van der Waals surface area contributed by atoms with Crippen LogP contribution in [0.4, 0.5) is 4.39 Å². The summed E-state index contributed by atoms with van der Waals surface area (Å²) in [5, 5.41) is 2.86. The molecule has 2 aliphatic rings. The van der Waals surface area contributed by atoms with E-state index in [4.69, 9.17) is 0 Å². The van der Waals surface area contributed by atoms with Crippen LogP contribution in [-0.4, -0.2) is 54.5 Å². The minimum absolute atomic E-state index is 0.0104. The molecule has 1 N–H and O–H groups in total. The second-order valence-electron chi connectivity index (χ2n) is 7.00. The zero-order valence-electron chi connectivity index (χ0n) is 14.3. The van der Waals surface area contributed by atoms with E-state index in [1.807, 2.05) is 0 Å². The molecule has 0 aliphatic carbocycles. The quantitative estimate of drug-likeness (QED) is 0.868. The number of carbonyl (C=O) groups excluding carboxylic acids is 1. The maximum atomic E-state index is 13.6. The third kappa shape index (κ3) is 4.77. The Labute approximate surface area is 144 Å². The topological polar surface area (TPSA) is 35.6 Å². The average Bonchev–Trinajstić information content (AvgIpc) is 3.02. The molecule has 0 bridgehead atoms. The first kappa shape index (κ1) is 17.4. The molecule has 2 aliphatic heterocycles. The summed E-state index contributed by atoms with van der Waals surface area (Å²) in [7, 11) is 0. The molecule has 2 saturated heterocycles. The number of benzene rings is 1. The SMILES string of the molecule is O=C(CN1CCC[C@@H]1CN1CCCCC1)NCc1ccccc1F. The number of hydrogen-bond donors (Lipinski definition) is 1. The summed E-state index contributed by atoms with van der Waals surface area (Å²) in [5.41, 5.74) is 0.539. The van der Waals surface area contributed by atoms with E-state index in [0.29, 0.717) is 18.2 Å². The average molecular weight is 333 g/mol. The molecule has 24 heavy (non-hydrogen) atoms. The van der Waals surface area contributed by atoms with Crippen LogP contribution in [0.3, 0.4) is 0 Å². The number of piperidine rings is 1. The first-order valence-corrected chi connectivity index (χ1v) is 9.19. The van der Waals surface area contributed by atoms with Gasteiger partial charge in [0.25, 0.3) is 0 Å². The van der Waals surface area contributed by atoms with Gasteiger partial charge in [0, 0.05) is 24.7 Å². The summed E-state index contributed by atoms with van der Waals surface area (Å²) in [6, 6.07) is 7.08. The molecule has 0 unspecified atom stereocenters. The zero-order chi connectivity index (χ0) is 16.8.